The first-order chi connectivity index (χ1) is 8.44. The average Bonchev–Trinajstić information content (AvgIpc) is 2.29. The highest BCUT2D eigenvalue weighted by Gasteiger charge is 2.19. The molecule has 1 rings (SSSR count). The van der Waals surface area contributed by atoms with Crippen LogP contribution in [0.25, 0.3) is 0 Å². The maximum absolute atomic E-state index is 11.7. The lowest BCUT2D eigenvalue weighted by molar-refractivity contribution is 0.102. The highest BCUT2D eigenvalue weighted by Crippen LogP contribution is 2.02. The first-order valence-corrected chi connectivity index (χ1v) is 7.17. The van der Waals surface area contributed by atoms with Crippen LogP contribution in [0.4, 0.5) is 0 Å². The zero-order valence-corrected chi connectivity index (χ0v) is 11.2. The quantitative estimate of drug-likeness (QED) is 0.745. The van der Waals surface area contributed by atoms with E-state index in [9.17, 15) is 13.2 Å². The molecular weight excluding hydrogens is 254 g/mol. The van der Waals surface area contributed by atoms with Crippen molar-refractivity contribution in [1.82, 2.24) is 4.72 Å². The van der Waals surface area contributed by atoms with Gasteiger partial charge in [-0.2, -0.15) is 0 Å². The number of carbonyl (C=O) groups excluding carboxylic acids is 1. The standard InChI is InChI=1S/C12H17NO4S/c1-10(8-17-2)13-18(15,16)9-12(14)11-6-4-3-5-7-11/h3-7,10,13H,8-9H2,1-2H3. The Labute approximate surface area is 107 Å². The van der Waals surface area contributed by atoms with Crippen molar-refractivity contribution in [3.05, 3.63) is 35.9 Å². The van der Waals surface area contributed by atoms with Crippen LogP contribution in [0.3, 0.4) is 0 Å². The molecule has 0 radical (unpaired) electrons. The first kappa shape index (κ1) is 14.8. The lowest BCUT2D eigenvalue weighted by Gasteiger charge is -2.12. The summed E-state index contributed by atoms with van der Waals surface area (Å²) in [5, 5.41) is 0. The fraction of sp³-hybridized carbons (Fsp3) is 0.417. The van der Waals surface area contributed by atoms with Gasteiger partial charge in [-0.1, -0.05) is 30.3 Å². The van der Waals surface area contributed by atoms with Gasteiger partial charge in [0, 0.05) is 18.7 Å². The summed E-state index contributed by atoms with van der Waals surface area (Å²) in [5.74, 6) is -0.974. The van der Waals surface area contributed by atoms with E-state index in [2.05, 4.69) is 4.72 Å². The summed E-state index contributed by atoms with van der Waals surface area (Å²) >= 11 is 0. The fourth-order valence-electron chi connectivity index (χ4n) is 1.51. The van der Waals surface area contributed by atoms with Crippen molar-refractivity contribution >= 4 is 15.8 Å². The Kier molecular flexibility index (Phi) is 5.46. The number of ketones is 1. The van der Waals surface area contributed by atoms with E-state index >= 15 is 0 Å². The zero-order chi connectivity index (χ0) is 13.6. The Morgan fingerprint density at radius 2 is 1.94 bits per heavy atom. The van der Waals surface area contributed by atoms with E-state index in [-0.39, 0.29) is 12.6 Å². The summed E-state index contributed by atoms with van der Waals surface area (Å²) in [6.45, 7) is 1.94. The minimum Gasteiger partial charge on any atom is -0.383 e. The van der Waals surface area contributed by atoms with Crippen molar-refractivity contribution in [3.8, 4) is 0 Å². The second-order valence-corrected chi connectivity index (χ2v) is 5.78. The fourth-order valence-corrected chi connectivity index (χ4v) is 2.79. The number of ether oxygens (including phenoxy) is 1. The summed E-state index contributed by atoms with van der Waals surface area (Å²) in [5.41, 5.74) is 0.391. The van der Waals surface area contributed by atoms with Gasteiger partial charge in [0.15, 0.2) is 5.78 Å². The molecule has 0 aromatic heterocycles. The molecule has 0 heterocycles. The molecule has 0 aliphatic carbocycles. The molecule has 1 aromatic rings. The summed E-state index contributed by atoms with van der Waals surface area (Å²) in [6.07, 6.45) is 0. The van der Waals surface area contributed by atoms with Crippen LogP contribution in [0.15, 0.2) is 30.3 Å². The van der Waals surface area contributed by atoms with E-state index in [1.54, 1.807) is 37.3 Å². The van der Waals surface area contributed by atoms with Crippen LogP contribution in [0.1, 0.15) is 17.3 Å². The summed E-state index contributed by atoms with van der Waals surface area (Å²) < 4.78 is 30.6. The number of rotatable bonds is 7. The molecule has 0 fully saturated rings. The largest absolute Gasteiger partial charge is 0.383 e. The van der Waals surface area contributed by atoms with Gasteiger partial charge in [0.05, 0.1) is 6.61 Å². The lowest BCUT2D eigenvalue weighted by Crippen LogP contribution is -2.38. The van der Waals surface area contributed by atoms with E-state index in [0.29, 0.717) is 5.56 Å². The molecule has 0 saturated carbocycles. The van der Waals surface area contributed by atoms with Crippen molar-refractivity contribution in [3.63, 3.8) is 0 Å². The highest BCUT2D eigenvalue weighted by atomic mass is 32.2. The topological polar surface area (TPSA) is 72.5 Å². The summed E-state index contributed by atoms with van der Waals surface area (Å²) in [6, 6.07) is 7.99. The van der Waals surface area contributed by atoms with Crippen molar-refractivity contribution in [1.29, 1.82) is 0 Å². The smallest absolute Gasteiger partial charge is 0.219 e. The Morgan fingerprint density at radius 1 is 1.33 bits per heavy atom. The zero-order valence-electron chi connectivity index (χ0n) is 10.4. The van der Waals surface area contributed by atoms with Crippen LogP contribution >= 0.6 is 0 Å². The number of methoxy groups -OCH3 is 1. The highest BCUT2D eigenvalue weighted by molar-refractivity contribution is 7.90. The molecule has 5 nitrogen and oxygen atoms in total. The molecule has 1 unspecified atom stereocenters. The monoisotopic (exact) mass is 271 g/mol. The minimum absolute atomic E-state index is 0.263. The predicted octanol–water partition coefficient (Wildman–Crippen LogP) is 0.824. The van der Waals surface area contributed by atoms with Gasteiger partial charge < -0.3 is 4.74 Å². The Bertz CT molecular complexity index is 484. The van der Waals surface area contributed by atoms with Gasteiger partial charge in [-0.25, -0.2) is 13.1 Å². The van der Waals surface area contributed by atoms with Gasteiger partial charge in [0.2, 0.25) is 10.0 Å². The second-order valence-electron chi connectivity index (χ2n) is 4.02. The Morgan fingerprint density at radius 3 is 2.50 bits per heavy atom. The first-order valence-electron chi connectivity index (χ1n) is 5.52. The molecule has 0 saturated heterocycles. The van der Waals surface area contributed by atoms with Crippen LogP contribution < -0.4 is 4.72 Å². The van der Waals surface area contributed by atoms with Crippen molar-refractivity contribution in [2.75, 3.05) is 19.5 Å². The normalized spacial score (nSPS) is 13.2. The van der Waals surface area contributed by atoms with E-state index < -0.39 is 21.6 Å². The third kappa shape index (κ3) is 4.95. The minimum atomic E-state index is -3.63. The number of carbonyl (C=O) groups is 1. The summed E-state index contributed by atoms with van der Waals surface area (Å²) in [4.78, 5) is 11.7. The molecule has 18 heavy (non-hydrogen) atoms. The molecule has 100 valence electrons. The second kappa shape index (κ2) is 6.63. The molecule has 1 aromatic carbocycles. The number of hydrogen-bond donors (Lipinski definition) is 1. The number of hydrogen-bond acceptors (Lipinski definition) is 4. The van der Waals surface area contributed by atoms with Gasteiger partial charge in [0.25, 0.3) is 0 Å². The SMILES string of the molecule is COCC(C)NS(=O)(=O)CC(=O)c1ccccc1. The summed E-state index contributed by atoms with van der Waals surface area (Å²) in [7, 11) is -2.14. The average molecular weight is 271 g/mol. The van der Waals surface area contributed by atoms with Crippen LogP contribution in [0.5, 0.6) is 0 Å². The predicted molar refractivity (Wildman–Crippen MR) is 69.0 cm³/mol. The third-order valence-electron chi connectivity index (χ3n) is 2.21. The van der Waals surface area contributed by atoms with Crippen LogP contribution in [-0.4, -0.2) is 39.7 Å². The number of benzene rings is 1. The molecule has 0 amide bonds. The van der Waals surface area contributed by atoms with Crippen LogP contribution in [0.2, 0.25) is 0 Å². The number of nitrogens with one attached hydrogen (secondary N) is 1. The van der Waals surface area contributed by atoms with E-state index in [1.165, 1.54) is 7.11 Å². The molecular formula is C12H17NO4S. The maximum atomic E-state index is 11.7. The number of sulfonamides is 1. The molecule has 0 spiro atoms. The molecule has 0 aliphatic rings. The van der Waals surface area contributed by atoms with Crippen LogP contribution in [-0.2, 0) is 14.8 Å². The van der Waals surface area contributed by atoms with Gasteiger partial charge in [-0.15, -0.1) is 0 Å². The maximum Gasteiger partial charge on any atom is 0.219 e. The third-order valence-corrected chi connectivity index (χ3v) is 3.62. The molecule has 0 bridgehead atoms. The van der Waals surface area contributed by atoms with E-state index in [0.717, 1.165) is 0 Å². The van der Waals surface area contributed by atoms with Gasteiger partial charge in [-0.3, -0.25) is 4.79 Å². The van der Waals surface area contributed by atoms with Gasteiger partial charge >= 0.3 is 0 Å². The Hall–Kier alpha value is -1.24. The molecule has 6 heteroatoms. The lowest BCUT2D eigenvalue weighted by atomic mass is 10.2. The van der Waals surface area contributed by atoms with Crippen molar-refractivity contribution in [2.24, 2.45) is 0 Å². The van der Waals surface area contributed by atoms with Crippen LogP contribution in [0, 0.1) is 0 Å². The van der Waals surface area contributed by atoms with Crippen molar-refractivity contribution < 1.29 is 17.9 Å². The number of Topliss-reactive ketones (excluding diaryl/α,β-unsaturated/α-hetero) is 1. The van der Waals surface area contributed by atoms with Crippen molar-refractivity contribution in [2.45, 2.75) is 13.0 Å². The Balaban J connectivity index is 2.64. The molecule has 1 N–H and O–H groups in total. The molecule has 1 atom stereocenters. The van der Waals surface area contributed by atoms with E-state index in [1.807, 2.05) is 0 Å². The molecule has 0 aliphatic heterocycles. The van der Waals surface area contributed by atoms with Gasteiger partial charge in [0.1, 0.15) is 5.75 Å². The van der Waals surface area contributed by atoms with Gasteiger partial charge in [-0.05, 0) is 6.92 Å². The van der Waals surface area contributed by atoms with E-state index in [4.69, 9.17) is 4.74 Å².